The van der Waals surface area contributed by atoms with E-state index in [9.17, 15) is 9.59 Å². The Balaban J connectivity index is 1.82. The average Bonchev–Trinajstić information content (AvgIpc) is 3.54. The van der Waals surface area contributed by atoms with E-state index in [2.05, 4.69) is 36.1 Å². The van der Waals surface area contributed by atoms with Gasteiger partial charge in [-0.15, -0.1) is 0 Å². The molecule has 0 spiro atoms. The Morgan fingerprint density at radius 3 is 2.08 bits per heavy atom. The van der Waals surface area contributed by atoms with Gasteiger partial charge in [-0.1, -0.05) is 60.7 Å². The molecule has 2 aromatic rings. The number of nitrogens with zero attached hydrogens (tertiary/aromatic N) is 1. The lowest BCUT2D eigenvalue weighted by atomic mass is 9.66. The first-order valence-electron chi connectivity index (χ1n) is 14.3. The monoisotopic (exact) mass is 551 g/mol. The number of ether oxygens (including phenoxy) is 4. The maximum atomic E-state index is 14.4. The van der Waals surface area contributed by atoms with Gasteiger partial charge in [0.1, 0.15) is 16.6 Å². The summed E-state index contributed by atoms with van der Waals surface area (Å²) < 4.78 is 24.1. The van der Waals surface area contributed by atoms with Crippen molar-refractivity contribution < 1.29 is 28.5 Å². The third-order valence-electron chi connectivity index (χ3n) is 7.83. The molecule has 0 N–H and O–H groups in total. The molecule has 218 valence electrons. The molecule has 2 aromatic carbocycles. The number of esters is 2. The molecular formula is C33H45NO6. The maximum Gasteiger partial charge on any atom is 0.317 e. The van der Waals surface area contributed by atoms with Crippen molar-refractivity contribution in [3.05, 3.63) is 71.8 Å². The van der Waals surface area contributed by atoms with Gasteiger partial charge in [-0.25, -0.2) is 0 Å². The topological polar surface area (TPSA) is 74.3 Å². The number of hydrogen-bond donors (Lipinski definition) is 0. The molecule has 0 aromatic heterocycles. The van der Waals surface area contributed by atoms with Gasteiger partial charge < -0.3 is 18.9 Å². The van der Waals surface area contributed by atoms with Crippen molar-refractivity contribution in [2.24, 2.45) is 17.3 Å². The van der Waals surface area contributed by atoms with E-state index < -0.39 is 28.5 Å². The van der Waals surface area contributed by atoms with Crippen LogP contribution in [0.3, 0.4) is 0 Å². The fourth-order valence-electron chi connectivity index (χ4n) is 5.96. The zero-order valence-electron chi connectivity index (χ0n) is 25.0. The first-order chi connectivity index (χ1) is 18.8. The highest BCUT2D eigenvalue weighted by Crippen LogP contribution is 2.49. The number of benzene rings is 2. The number of carbonyl (C=O) groups is 2. The van der Waals surface area contributed by atoms with Crippen LogP contribution in [-0.2, 0) is 35.1 Å². The summed E-state index contributed by atoms with van der Waals surface area (Å²) in [6.07, 6.45) is 0. The Bertz CT molecular complexity index is 1140. The van der Waals surface area contributed by atoms with Crippen molar-refractivity contribution >= 4 is 11.9 Å². The van der Waals surface area contributed by atoms with Crippen LogP contribution in [0.2, 0.25) is 0 Å². The molecule has 7 heteroatoms. The normalized spacial score (nSPS) is 26.1. The van der Waals surface area contributed by atoms with Gasteiger partial charge in [0.25, 0.3) is 0 Å². The lowest BCUT2D eigenvalue weighted by Crippen LogP contribution is -2.59. The van der Waals surface area contributed by atoms with E-state index in [-0.39, 0.29) is 43.8 Å². The molecule has 7 nitrogen and oxygen atoms in total. The predicted octanol–water partition coefficient (Wildman–Crippen LogP) is 5.58. The summed E-state index contributed by atoms with van der Waals surface area (Å²) in [6.45, 7) is 14.8. The van der Waals surface area contributed by atoms with Gasteiger partial charge in [0.2, 0.25) is 0 Å². The molecule has 2 heterocycles. The lowest BCUT2D eigenvalue weighted by molar-refractivity contribution is -0.180. The van der Waals surface area contributed by atoms with Gasteiger partial charge in [-0.3, -0.25) is 14.5 Å². The predicted molar refractivity (Wildman–Crippen MR) is 153 cm³/mol. The number of rotatable bonds is 8. The van der Waals surface area contributed by atoms with Gasteiger partial charge in [0.05, 0.1) is 38.4 Å². The smallest absolute Gasteiger partial charge is 0.317 e. The van der Waals surface area contributed by atoms with Crippen molar-refractivity contribution in [1.29, 1.82) is 0 Å². The van der Waals surface area contributed by atoms with Crippen LogP contribution in [0.4, 0.5) is 0 Å². The van der Waals surface area contributed by atoms with Crippen LogP contribution in [0.1, 0.15) is 65.6 Å². The van der Waals surface area contributed by atoms with E-state index in [0.717, 1.165) is 11.1 Å². The summed E-state index contributed by atoms with van der Waals surface area (Å²) in [5, 5.41) is 0. The Labute approximate surface area is 239 Å². The average molecular weight is 552 g/mol. The van der Waals surface area contributed by atoms with Crippen LogP contribution in [0, 0.1) is 17.3 Å². The van der Waals surface area contributed by atoms with Crippen molar-refractivity contribution in [2.75, 3.05) is 26.4 Å². The highest BCUT2D eigenvalue weighted by atomic mass is 16.6. The SMILES string of the molecule is C[C@@H](c1ccccc1)N(Cc1ccccc1)[C@H]1COC[C@]1(C(=O)OC(C)(C)C)[C@H]1COC[C@H]1C(=O)OC(C)(C)C. The van der Waals surface area contributed by atoms with Crippen LogP contribution >= 0.6 is 0 Å². The summed E-state index contributed by atoms with van der Waals surface area (Å²) in [4.78, 5) is 30.2. The van der Waals surface area contributed by atoms with Gasteiger partial charge in [-0.05, 0) is 59.6 Å². The molecule has 0 saturated carbocycles. The van der Waals surface area contributed by atoms with E-state index in [1.807, 2.05) is 77.9 Å². The summed E-state index contributed by atoms with van der Waals surface area (Å²) in [7, 11) is 0. The minimum atomic E-state index is -1.14. The zero-order chi connectivity index (χ0) is 29.1. The minimum absolute atomic E-state index is 0.0442. The lowest BCUT2D eigenvalue weighted by Gasteiger charge is -2.46. The Morgan fingerprint density at radius 1 is 0.875 bits per heavy atom. The van der Waals surface area contributed by atoms with Gasteiger partial charge in [0, 0.05) is 18.5 Å². The van der Waals surface area contributed by atoms with E-state index >= 15 is 0 Å². The third kappa shape index (κ3) is 6.76. The molecule has 0 aliphatic carbocycles. The third-order valence-corrected chi connectivity index (χ3v) is 7.83. The number of hydrogen-bond acceptors (Lipinski definition) is 7. The summed E-state index contributed by atoms with van der Waals surface area (Å²) in [5.41, 5.74) is -0.247. The second-order valence-electron chi connectivity index (χ2n) is 13.1. The molecule has 2 fully saturated rings. The highest BCUT2D eigenvalue weighted by Gasteiger charge is 2.63. The molecular weight excluding hydrogens is 506 g/mol. The summed E-state index contributed by atoms with van der Waals surface area (Å²) in [5.74, 6) is -1.79. The Kier molecular flexibility index (Phi) is 9.08. The van der Waals surface area contributed by atoms with Crippen LogP contribution in [0.25, 0.3) is 0 Å². The van der Waals surface area contributed by atoms with Gasteiger partial charge >= 0.3 is 11.9 Å². The molecule has 2 saturated heterocycles. The van der Waals surface area contributed by atoms with Crippen molar-refractivity contribution in [3.8, 4) is 0 Å². The minimum Gasteiger partial charge on any atom is -0.460 e. The van der Waals surface area contributed by atoms with Gasteiger partial charge in [0.15, 0.2) is 0 Å². The molecule has 0 bridgehead atoms. The molecule has 5 atom stereocenters. The quantitative estimate of drug-likeness (QED) is 0.397. The highest BCUT2D eigenvalue weighted by molar-refractivity contribution is 5.82. The maximum absolute atomic E-state index is 14.4. The second kappa shape index (κ2) is 12.0. The Hall–Kier alpha value is -2.74. The van der Waals surface area contributed by atoms with E-state index in [4.69, 9.17) is 18.9 Å². The molecule has 2 aliphatic rings. The molecule has 0 amide bonds. The van der Waals surface area contributed by atoms with E-state index in [1.54, 1.807) is 0 Å². The van der Waals surface area contributed by atoms with Crippen molar-refractivity contribution in [1.82, 2.24) is 4.90 Å². The molecule has 2 aliphatic heterocycles. The molecule has 40 heavy (non-hydrogen) atoms. The first-order valence-corrected chi connectivity index (χ1v) is 14.3. The standard InChI is InChI=1S/C33H45NO6/c1-23(25-16-12-9-13-17-25)34(18-24-14-10-8-11-15-24)28-21-38-22-33(28,30(36)40-32(5,6)7)27-20-37-19-26(27)29(35)39-31(2,3)4/h8-17,23,26-28H,18-22H2,1-7H3/t23-,26+,27-,28-,33-/m0/s1. The summed E-state index contributed by atoms with van der Waals surface area (Å²) in [6, 6.07) is 20.1. The van der Waals surface area contributed by atoms with E-state index in [0.29, 0.717) is 13.2 Å². The fourth-order valence-corrected chi connectivity index (χ4v) is 5.96. The van der Waals surface area contributed by atoms with Crippen LogP contribution in [0.15, 0.2) is 60.7 Å². The first kappa shape index (κ1) is 30.2. The molecule has 0 radical (unpaired) electrons. The molecule has 0 unspecified atom stereocenters. The van der Waals surface area contributed by atoms with E-state index in [1.165, 1.54) is 0 Å². The zero-order valence-corrected chi connectivity index (χ0v) is 25.0. The summed E-state index contributed by atoms with van der Waals surface area (Å²) >= 11 is 0. The number of carbonyl (C=O) groups excluding carboxylic acids is 2. The Morgan fingerprint density at radius 2 is 1.48 bits per heavy atom. The van der Waals surface area contributed by atoms with Crippen molar-refractivity contribution in [2.45, 2.75) is 78.3 Å². The van der Waals surface area contributed by atoms with Crippen molar-refractivity contribution in [3.63, 3.8) is 0 Å². The fraction of sp³-hybridized carbons (Fsp3) is 0.576. The van der Waals surface area contributed by atoms with Crippen LogP contribution in [-0.4, -0.2) is 60.5 Å². The van der Waals surface area contributed by atoms with Crippen LogP contribution in [0.5, 0.6) is 0 Å². The molecule has 4 rings (SSSR count). The second-order valence-corrected chi connectivity index (χ2v) is 13.1. The largest absolute Gasteiger partial charge is 0.460 e. The van der Waals surface area contributed by atoms with Crippen LogP contribution < -0.4 is 0 Å². The van der Waals surface area contributed by atoms with Gasteiger partial charge in [-0.2, -0.15) is 0 Å².